The van der Waals surface area contributed by atoms with Gasteiger partial charge in [0.05, 0.1) is 13.2 Å². The molecule has 2 rings (SSSR count). The van der Waals surface area contributed by atoms with Crippen molar-refractivity contribution >= 4 is 0 Å². The van der Waals surface area contributed by atoms with Crippen LogP contribution in [0.3, 0.4) is 0 Å². The zero-order valence-electron chi connectivity index (χ0n) is 8.28. The second kappa shape index (κ2) is 4.59. The van der Waals surface area contributed by atoms with Crippen molar-refractivity contribution in [1.29, 1.82) is 0 Å². The lowest BCUT2D eigenvalue weighted by molar-refractivity contribution is 0.0179. The highest BCUT2D eigenvalue weighted by Crippen LogP contribution is 2.19. The number of hydrogen-bond acceptors (Lipinski definition) is 3. The molecule has 0 spiro atoms. The molecular weight excluding hydrogens is 178 g/mol. The van der Waals surface area contributed by atoms with Gasteiger partial charge in [-0.3, -0.25) is 4.90 Å². The van der Waals surface area contributed by atoms with Crippen LogP contribution in [0.5, 0.6) is 0 Å². The van der Waals surface area contributed by atoms with Crippen molar-refractivity contribution < 1.29 is 4.74 Å². The topological polar surface area (TPSA) is 54.3 Å². The van der Waals surface area contributed by atoms with E-state index in [1.165, 1.54) is 5.56 Å². The van der Waals surface area contributed by atoms with Crippen LogP contribution in [-0.2, 0) is 4.74 Å². The molecular formula is C10H17N3O. The van der Waals surface area contributed by atoms with E-state index in [4.69, 9.17) is 10.5 Å². The second-order valence-corrected chi connectivity index (χ2v) is 3.54. The van der Waals surface area contributed by atoms with Gasteiger partial charge in [-0.2, -0.15) is 0 Å². The van der Waals surface area contributed by atoms with Crippen molar-refractivity contribution in [3.63, 3.8) is 0 Å². The van der Waals surface area contributed by atoms with Gasteiger partial charge in [-0.1, -0.05) is 0 Å². The van der Waals surface area contributed by atoms with Crippen LogP contribution in [0, 0.1) is 0 Å². The Morgan fingerprint density at radius 3 is 2.86 bits per heavy atom. The highest BCUT2D eigenvalue weighted by Gasteiger charge is 2.21. The summed E-state index contributed by atoms with van der Waals surface area (Å²) >= 11 is 0. The Morgan fingerprint density at radius 2 is 2.29 bits per heavy atom. The van der Waals surface area contributed by atoms with Gasteiger partial charge in [-0.25, -0.2) is 0 Å². The fourth-order valence-corrected chi connectivity index (χ4v) is 1.93. The fraction of sp³-hybridized carbons (Fsp3) is 0.600. The molecule has 1 aliphatic heterocycles. The summed E-state index contributed by atoms with van der Waals surface area (Å²) in [7, 11) is 0. The van der Waals surface area contributed by atoms with E-state index in [0.29, 0.717) is 12.6 Å². The fourth-order valence-electron chi connectivity index (χ4n) is 1.93. The number of nitrogens with zero attached hydrogens (tertiary/aromatic N) is 1. The zero-order chi connectivity index (χ0) is 9.80. The van der Waals surface area contributed by atoms with E-state index in [1.54, 1.807) is 0 Å². The number of rotatable bonds is 3. The molecule has 0 amide bonds. The first-order chi connectivity index (χ1) is 6.92. The highest BCUT2D eigenvalue weighted by atomic mass is 16.5. The normalized spacial score (nSPS) is 20.9. The van der Waals surface area contributed by atoms with E-state index in [2.05, 4.69) is 16.0 Å². The molecule has 1 saturated heterocycles. The van der Waals surface area contributed by atoms with Crippen molar-refractivity contribution in [2.75, 3.05) is 32.8 Å². The molecule has 1 aliphatic rings. The molecule has 0 saturated carbocycles. The van der Waals surface area contributed by atoms with E-state index in [0.717, 1.165) is 26.3 Å². The Hall–Kier alpha value is -0.840. The second-order valence-electron chi connectivity index (χ2n) is 3.54. The maximum absolute atomic E-state index is 5.80. The maximum Gasteiger partial charge on any atom is 0.0594 e. The summed E-state index contributed by atoms with van der Waals surface area (Å²) in [5.41, 5.74) is 7.07. The minimum atomic E-state index is 0.338. The van der Waals surface area contributed by atoms with Crippen LogP contribution in [0.2, 0.25) is 0 Å². The summed E-state index contributed by atoms with van der Waals surface area (Å²) in [5, 5.41) is 0. The number of hydrogen-bond donors (Lipinski definition) is 2. The molecule has 2 heterocycles. The summed E-state index contributed by atoms with van der Waals surface area (Å²) in [5.74, 6) is 0. The highest BCUT2D eigenvalue weighted by molar-refractivity contribution is 5.14. The standard InChI is InChI=1S/C10H17N3O/c11-7-10(9-1-2-12-8-9)13-3-5-14-6-4-13/h1-2,8,10,12H,3-7,11H2. The lowest BCUT2D eigenvalue weighted by Gasteiger charge is -2.33. The average molecular weight is 195 g/mol. The third-order valence-corrected chi connectivity index (χ3v) is 2.72. The number of morpholine rings is 1. The number of nitrogens with one attached hydrogen (secondary N) is 1. The summed E-state index contributed by atoms with van der Waals surface area (Å²) in [6, 6.07) is 2.43. The van der Waals surface area contributed by atoms with Crippen molar-refractivity contribution in [2.45, 2.75) is 6.04 Å². The zero-order valence-corrected chi connectivity index (χ0v) is 8.28. The minimum Gasteiger partial charge on any atom is -0.379 e. The van der Waals surface area contributed by atoms with Crippen molar-refractivity contribution in [1.82, 2.24) is 9.88 Å². The van der Waals surface area contributed by atoms with Crippen LogP contribution in [0.15, 0.2) is 18.5 Å². The summed E-state index contributed by atoms with van der Waals surface area (Å²) in [4.78, 5) is 5.45. The van der Waals surface area contributed by atoms with Gasteiger partial charge in [-0.05, 0) is 11.6 Å². The quantitative estimate of drug-likeness (QED) is 0.731. The van der Waals surface area contributed by atoms with E-state index in [9.17, 15) is 0 Å². The lowest BCUT2D eigenvalue weighted by atomic mass is 10.1. The maximum atomic E-state index is 5.80. The monoisotopic (exact) mass is 195 g/mol. The molecule has 0 aliphatic carbocycles. The van der Waals surface area contributed by atoms with E-state index >= 15 is 0 Å². The lowest BCUT2D eigenvalue weighted by Crippen LogP contribution is -2.41. The first-order valence-electron chi connectivity index (χ1n) is 5.06. The van der Waals surface area contributed by atoms with E-state index in [-0.39, 0.29) is 0 Å². The van der Waals surface area contributed by atoms with Gasteiger partial charge in [0.25, 0.3) is 0 Å². The number of nitrogens with two attached hydrogens (primary N) is 1. The largest absolute Gasteiger partial charge is 0.379 e. The Bertz CT molecular complexity index is 254. The van der Waals surface area contributed by atoms with Crippen LogP contribution >= 0.6 is 0 Å². The first-order valence-corrected chi connectivity index (χ1v) is 5.06. The van der Waals surface area contributed by atoms with E-state index in [1.807, 2.05) is 12.4 Å². The molecule has 1 unspecified atom stereocenters. The minimum absolute atomic E-state index is 0.338. The van der Waals surface area contributed by atoms with Crippen molar-refractivity contribution in [3.05, 3.63) is 24.0 Å². The molecule has 78 valence electrons. The molecule has 4 heteroatoms. The van der Waals surface area contributed by atoms with Gasteiger partial charge >= 0.3 is 0 Å². The molecule has 0 bridgehead atoms. The summed E-state index contributed by atoms with van der Waals surface area (Å²) in [6.45, 7) is 4.26. The average Bonchev–Trinajstić information content (AvgIpc) is 2.74. The van der Waals surface area contributed by atoms with Crippen molar-refractivity contribution in [2.24, 2.45) is 5.73 Å². The van der Waals surface area contributed by atoms with Crippen LogP contribution in [0.1, 0.15) is 11.6 Å². The predicted octanol–water partition coefficient (Wildman–Crippen LogP) is 0.347. The molecule has 14 heavy (non-hydrogen) atoms. The van der Waals surface area contributed by atoms with Gasteiger partial charge in [0.15, 0.2) is 0 Å². The number of aromatic amines is 1. The third kappa shape index (κ3) is 1.97. The smallest absolute Gasteiger partial charge is 0.0594 e. The number of aromatic nitrogens is 1. The van der Waals surface area contributed by atoms with Gasteiger partial charge in [-0.15, -0.1) is 0 Å². The van der Waals surface area contributed by atoms with E-state index < -0.39 is 0 Å². The van der Waals surface area contributed by atoms with Gasteiger partial charge < -0.3 is 15.5 Å². The first kappa shape index (κ1) is 9.71. The van der Waals surface area contributed by atoms with Crippen LogP contribution in [0.25, 0.3) is 0 Å². The number of H-pyrrole nitrogens is 1. The van der Waals surface area contributed by atoms with Gasteiger partial charge in [0.2, 0.25) is 0 Å². The Kier molecular flexibility index (Phi) is 3.18. The number of ether oxygens (including phenoxy) is 1. The summed E-state index contributed by atoms with van der Waals surface area (Å²) < 4.78 is 5.32. The molecule has 1 atom stereocenters. The molecule has 0 radical (unpaired) electrons. The molecule has 1 fully saturated rings. The molecule has 1 aromatic heterocycles. The Labute approximate surface area is 84.0 Å². The van der Waals surface area contributed by atoms with Crippen LogP contribution in [-0.4, -0.2) is 42.7 Å². The third-order valence-electron chi connectivity index (χ3n) is 2.72. The van der Waals surface area contributed by atoms with Crippen LogP contribution in [0.4, 0.5) is 0 Å². The summed E-state index contributed by atoms with van der Waals surface area (Å²) in [6.07, 6.45) is 3.96. The SMILES string of the molecule is NCC(c1cc[nH]c1)N1CCOCC1. The molecule has 4 nitrogen and oxygen atoms in total. The van der Waals surface area contributed by atoms with Gasteiger partial charge in [0.1, 0.15) is 0 Å². The Balaban J connectivity index is 2.04. The molecule has 0 aromatic carbocycles. The molecule has 3 N–H and O–H groups in total. The van der Waals surface area contributed by atoms with Gasteiger partial charge in [0, 0.05) is 38.1 Å². The molecule has 1 aromatic rings. The van der Waals surface area contributed by atoms with Crippen LogP contribution < -0.4 is 5.73 Å². The van der Waals surface area contributed by atoms with Crippen molar-refractivity contribution in [3.8, 4) is 0 Å². The predicted molar refractivity (Wildman–Crippen MR) is 55.0 cm³/mol. The Morgan fingerprint density at radius 1 is 1.50 bits per heavy atom.